The van der Waals surface area contributed by atoms with Gasteiger partial charge in [0.15, 0.2) is 0 Å². The highest BCUT2D eigenvalue weighted by molar-refractivity contribution is 7.21. The summed E-state index contributed by atoms with van der Waals surface area (Å²) in [6.45, 7) is 1.92. The number of phenolic OH excluding ortho intramolecular Hbond substituents is 1. The molecule has 3 aromatic rings. The third-order valence-electron chi connectivity index (χ3n) is 4.05. The Morgan fingerprint density at radius 3 is 2.70 bits per heavy atom. The van der Waals surface area contributed by atoms with E-state index in [0.717, 1.165) is 21.7 Å². The zero-order valence-corrected chi connectivity index (χ0v) is 12.1. The topological polar surface area (TPSA) is 33.1 Å². The second kappa shape index (κ2) is 4.32. The number of hydrogen-bond donors (Lipinski definition) is 1. The summed E-state index contributed by atoms with van der Waals surface area (Å²) in [6.07, 6.45) is 3.67. The van der Waals surface area contributed by atoms with Crippen molar-refractivity contribution >= 4 is 21.6 Å². The second-order valence-electron chi connectivity index (χ2n) is 5.46. The van der Waals surface area contributed by atoms with Crippen LogP contribution in [0.3, 0.4) is 0 Å². The fourth-order valence-electron chi connectivity index (χ4n) is 2.91. The molecule has 1 aliphatic rings. The van der Waals surface area contributed by atoms with Gasteiger partial charge in [-0.15, -0.1) is 11.3 Å². The molecule has 2 aromatic carbocycles. The van der Waals surface area contributed by atoms with Gasteiger partial charge in [0.1, 0.15) is 10.8 Å². The van der Waals surface area contributed by atoms with Crippen molar-refractivity contribution < 1.29 is 5.11 Å². The molecule has 1 heterocycles. The normalized spacial score (nSPS) is 13.8. The minimum Gasteiger partial charge on any atom is -0.508 e. The maximum Gasteiger partial charge on any atom is 0.124 e. The van der Waals surface area contributed by atoms with Crippen LogP contribution in [0.2, 0.25) is 0 Å². The first-order chi connectivity index (χ1) is 9.70. The zero-order chi connectivity index (χ0) is 13.7. The van der Waals surface area contributed by atoms with Gasteiger partial charge < -0.3 is 5.11 Å². The van der Waals surface area contributed by atoms with Crippen LogP contribution in [0.1, 0.15) is 23.1 Å². The van der Waals surface area contributed by atoms with Crippen LogP contribution in [0, 0.1) is 6.92 Å². The molecule has 0 atom stereocenters. The van der Waals surface area contributed by atoms with Crippen molar-refractivity contribution in [3.63, 3.8) is 0 Å². The quantitative estimate of drug-likeness (QED) is 0.714. The van der Waals surface area contributed by atoms with E-state index in [1.54, 1.807) is 17.4 Å². The summed E-state index contributed by atoms with van der Waals surface area (Å²) in [5.74, 6) is 0.342. The van der Waals surface area contributed by atoms with E-state index in [-0.39, 0.29) is 0 Å². The molecule has 0 spiro atoms. The first-order valence-electron chi connectivity index (χ1n) is 6.93. The summed E-state index contributed by atoms with van der Waals surface area (Å²) < 4.78 is 1.27. The predicted molar refractivity (Wildman–Crippen MR) is 83.5 cm³/mol. The lowest BCUT2D eigenvalue weighted by molar-refractivity contribution is 0.471. The minimum absolute atomic E-state index is 0.342. The van der Waals surface area contributed by atoms with Gasteiger partial charge in [0.25, 0.3) is 0 Å². The maximum absolute atomic E-state index is 9.63. The molecule has 100 valence electrons. The third-order valence-corrected chi connectivity index (χ3v) is 5.11. The van der Waals surface area contributed by atoms with Crippen molar-refractivity contribution in [3.05, 3.63) is 47.0 Å². The van der Waals surface area contributed by atoms with Crippen LogP contribution in [-0.2, 0) is 12.8 Å². The number of fused-ring (bicyclic) bond motifs is 2. The fourth-order valence-corrected chi connectivity index (χ4v) is 3.91. The highest BCUT2D eigenvalue weighted by Gasteiger charge is 2.14. The van der Waals surface area contributed by atoms with Gasteiger partial charge in [0.2, 0.25) is 0 Å². The molecule has 20 heavy (non-hydrogen) atoms. The van der Waals surface area contributed by atoms with Crippen LogP contribution >= 0.6 is 11.3 Å². The molecule has 1 N–H and O–H groups in total. The van der Waals surface area contributed by atoms with E-state index in [2.05, 4.69) is 12.1 Å². The lowest BCUT2D eigenvalue weighted by Gasteiger charge is -2.00. The Hall–Kier alpha value is -1.87. The highest BCUT2D eigenvalue weighted by Crippen LogP contribution is 2.35. The summed E-state index contributed by atoms with van der Waals surface area (Å²) in [4.78, 5) is 4.77. The van der Waals surface area contributed by atoms with Gasteiger partial charge in [-0.25, -0.2) is 4.98 Å². The molecule has 2 nitrogen and oxygen atoms in total. The van der Waals surface area contributed by atoms with E-state index in [9.17, 15) is 5.11 Å². The Kier molecular flexibility index (Phi) is 2.57. The van der Waals surface area contributed by atoms with Gasteiger partial charge in [-0.05, 0) is 73.2 Å². The lowest BCUT2D eigenvalue weighted by Crippen LogP contribution is -1.81. The number of phenols is 1. The first kappa shape index (κ1) is 11.9. The Balaban J connectivity index is 1.86. The van der Waals surface area contributed by atoms with E-state index in [0.29, 0.717) is 5.75 Å². The molecule has 0 bridgehead atoms. The summed E-state index contributed by atoms with van der Waals surface area (Å²) in [6, 6.07) is 10.3. The van der Waals surface area contributed by atoms with Crippen molar-refractivity contribution in [2.45, 2.75) is 26.2 Å². The Morgan fingerprint density at radius 2 is 1.90 bits per heavy atom. The maximum atomic E-state index is 9.63. The number of aryl methyl sites for hydroxylation is 3. The number of thiazole rings is 1. The fraction of sp³-hybridized carbons (Fsp3) is 0.235. The molecule has 0 fully saturated rings. The van der Waals surface area contributed by atoms with Gasteiger partial charge in [-0.3, -0.25) is 0 Å². The SMILES string of the molecule is Cc1cc(-c2nc3cc4c(cc3s2)CCC4)ccc1O. The number of nitrogens with zero attached hydrogens (tertiary/aromatic N) is 1. The van der Waals surface area contributed by atoms with Crippen LogP contribution in [0.25, 0.3) is 20.8 Å². The molecule has 3 heteroatoms. The summed E-state index contributed by atoms with van der Waals surface area (Å²) in [5.41, 5.74) is 6.05. The van der Waals surface area contributed by atoms with Crippen LogP contribution < -0.4 is 0 Å². The Morgan fingerprint density at radius 1 is 1.10 bits per heavy atom. The first-order valence-corrected chi connectivity index (χ1v) is 7.75. The molecular weight excluding hydrogens is 266 g/mol. The molecule has 0 amide bonds. The number of aromatic nitrogens is 1. The van der Waals surface area contributed by atoms with Crippen LogP contribution in [0.4, 0.5) is 0 Å². The van der Waals surface area contributed by atoms with E-state index >= 15 is 0 Å². The van der Waals surface area contributed by atoms with Crippen molar-refractivity contribution in [3.8, 4) is 16.3 Å². The van der Waals surface area contributed by atoms with Gasteiger partial charge >= 0.3 is 0 Å². The van der Waals surface area contributed by atoms with Gasteiger partial charge in [0.05, 0.1) is 10.2 Å². The standard InChI is InChI=1S/C17H15NOS/c1-10-7-13(5-6-15(10)19)17-18-14-8-11-3-2-4-12(11)9-16(14)20-17/h5-9,19H,2-4H2,1H3. The number of hydrogen-bond acceptors (Lipinski definition) is 3. The van der Waals surface area contributed by atoms with Crippen LogP contribution in [0.5, 0.6) is 5.75 Å². The third kappa shape index (κ3) is 1.81. The summed E-state index contributed by atoms with van der Waals surface area (Å²) in [7, 11) is 0. The smallest absolute Gasteiger partial charge is 0.124 e. The Bertz CT molecular complexity index is 778. The second-order valence-corrected chi connectivity index (χ2v) is 6.49. The van der Waals surface area contributed by atoms with E-state index in [4.69, 9.17) is 4.98 Å². The number of rotatable bonds is 1. The van der Waals surface area contributed by atoms with Crippen LogP contribution in [-0.4, -0.2) is 10.1 Å². The van der Waals surface area contributed by atoms with Crippen molar-refractivity contribution in [2.75, 3.05) is 0 Å². The molecule has 0 aliphatic heterocycles. The van der Waals surface area contributed by atoms with Gasteiger partial charge in [-0.1, -0.05) is 0 Å². The van der Waals surface area contributed by atoms with E-state index < -0.39 is 0 Å². The summed E-state index contributed by atoms with van der Waals surface area (Å²) >= 11 is 1.74. The molecule has 0 unspecified atom stereocenters. The highest BCUT2D eigenvalue weighted by atomic mass is 32.1. The van der Waals surface area contributed by atoms with Gasteiger partial charge in [0, 0.05) is 5.56 Å². The molecule has 1 aliphatic carbocycles. The van der Waals surface area contributed by atoms with Crippen LogP contribution in [0.15, 0.2) is 30.3 Å². The molecular formula is C17H15NOS. The van der Waals surface area contributed by atoms with Crippen molar-refractivity contribution in [1.29, 1.82) is 0 Å². The zero-order valence-electron chi connectivity index (χ0n) is 11.3. The largest absolute Gasteiger partial charge is 0.508 e. The number of benzene rings is 2. The lowest BCUT2D eigenvalue weighted by atomic mass is 10.1. The van der Waals surface area contributed by atoms with Crippen molar-refractivity contribution in [1.82, 2.24) is 4.98 Å². The van der Waals surface area contributed by atoms with Gasteiger partial charge in [-0.2, -0.15) is 0 Å². The molecule has 4 rings (SSSR count). The molecule has 0 saturated carbocycles. The van der Waals surface area contributed by atoms with E-state index in [1.165, 1.54) is 35.1 Å². The monoisotopic (exact) mass is 281 g/mol. The average molecular weight is 281 g/mol. The molecule has 0 saturated heterocycles. The summed E-state index contributed by atoms with van der Waals surface area (Å²) in [5, 5.41) is 10.7. The minimum atomic E-state index is 0.342. The Labute approximate surface area is 121 Å². The molecule has 0 radical (unpaired) electrons. The predicted octanol–water partition coefficient (Wildman–Crippen LogP) is 4.47. The number of aromatic hydroxyl groups is 1. The average Bonchev–Trinajstić information content (AvgIpc) is 3.04. The van der Waals surface area contributed by atoms with E-state index in [1.807, 2.05) is 19.1 Å². The molecule has 1 aromatic heterocycles. The van der Waals surface area contributed by atoms with Crippen molar-refractivity contribution in [2.24, 2.45) is 0 Å².